The first-order valence-electron chi connectivity index (χ1n) is 9.26. The minimum Gasteiger partial charge on any atom is -0.490 e. The molecule has 0 aliphatic heterocycles. The van der Waals surface area contributed by atoms with Gasteiger partial charge in [-0.3, -0.25) is 0 Å². The third-order valence-corrected chi connectivity index (χ3v) is 4.15. The van der Waals surface area contributed by atoms with E-state index < -0.39 is 5.97 Å². The number of carbonyl (C=O) groups excluding carboxylic acids is 1. The zero-order valence-corrected chi connectivity index (χ0v) is 16.8. The number of rotatable bonds is 8. The average Bonchev–Trinajstić information content (AvgIpc) is 2.75. The van der Waals surface area contributed by atoms with Crippen LogP contribution in [0.5, 0.6) is 11.5 Å². The minimum atomic E-state index is -0.490. The first kappa shape index (κ1) is 20.2. The van der Waals surface area contributed by atoms with E-state index in [1.807, 2.05) is 30.3 Å². The Morgan fingerprint density at radius 2 is 1.48 bits per heavy atom. The van der Waals surface area contributed by atoms with E-state index in [0.717, 1.165) is 11.1 Å². The van der Waals surface area contributed by atoms with Crippen molar-refractivity contribution in [2.45, 2.75) is 0 Å². The molecule has 0 aliphatic rings. The number of methoxy groups -OCH3 is 1. The van der Waals surface area contributed by atoms with Gasteiger partial charge in [0.05, 0.1) is 7.11 Å². The van der Waals surface area contributed by atoms with Crippen LogP contribution in [0.1, 0.15) is 5.56 Å². The summed E-state index contributed by atoms with van der Waals surface area (Å²) in [4.78, 5) is 11.9. The number of hydrogen-bond acceptors (Lipinski definition) is 6. The molecule has 0 unspecified atom stereocenters. The number of carbonyl (C=O) groups is 1. The lowest BCUT2D eigenvalue weighted by Gasteiger charge is -2.11. The van der Waals surface area contributed by atoms with Gasteiger partial charge in [0.2, 0.25) is 0 Å². The molecule has 0 radical (unpaired) electrons. The van der Waals surface area contributed by atoms with Crippen molar-refractivity contribution in [1.29, 1.82) is 0 Å². The second kappa shape index (κ2) is 9.59. The molecule has 3 rings (SSSR count). The Kier molecular flexibility index (Phi) is 6.68. The van der Waals surface area contributed by atoms with E-state index in [1.165, 1.54) is 12.5 Å². The van der Waals surface area contributed by atoms with Crippen LogP contribution in [0.25, 0.3) is 10.8 Å². The number of esters is 1. The second-order valence-corrected chi connectivity index (χ2v) is 6.52. The van der Waals surface area contributed by atoms with Crippen molar-refractivity contribution in [3.63, 3.8) is 0 Å². The molecule has 0 aromatic heterocycles. The highest BCUT2D eigenvalue weighted by Gasteiger charge is 2.15. The van der Waals surface area contributed by atoms with E-state index in [9.17, 15) is 4.79 Å². The van der Waals surface area contributed by atoms with E-state index in [0.29, 0.717) is 24.5 Å². The van der Waals surface area contributed by atoms with Crippen molar-refractivity contribution in [3.05, 3.63) is 72.3 Å². The van der Waals surface area contributed by atoms with E-state index in [1.54, 1.807) is 43.4 Å². The van der Waals surface area contributed by atoms with Crippen LogP contribution in [-0.2, 0) is 9.53 Å². The fraction of sp³-hybridized carbons (Fsp3) is 0.217. The first-order valence-corrected chi connectivity index (χ1v) is 9.26. The number of benzene rings is 3. The molecule has 0 bridgehead atoms. The van der Waals surface area contributed by atoms with Crippen LogP contribution >= 0.6 is 0 Å². The Balaban J connectivity index is 1.55. The standard InChI is InChI=1S/C23H24N2O4/c1-25(2)24-22(23(26)27-3)18-9-11-20(12-10-18)28-14-15-29-21-13-8-17-6-4-5-7-19(17)16-21/h4-13,16H,14-15H2,1-3H3/b24-22-. The quantitative estimate of drug-likeness (QED) is 0.253. The topological polar surface area (TPSA) is 60.4 Å². The van der Waals surface area contributed by atoms with E-state index in [4.69, 9.17) is 14.2 Å². The molecule has 0 heterocycles. The summed E-state index contributed by atoms with van der Waals surface area (Å²) in [5.74, 6) is 1.01. The fourth-order valence-corrected chi connectivity index (χ4v) is 2.80. The van der Waals surface area contributed by atoms with Crippen molar-refractivity contribution < 1.29 is 19.0 Å². The predicted octanol–water partition coefficient (Wildman–Crippen LogP) is 3.74. The molecule has 3 aromatic rings. The molecule has 6 heteroatoms. The molecule has 0 saturated carbocycles. The summed E-state index contributed by atoms with van der Waals surface area (Å²) in [6.45, 7) is 0.831. The van der Waals surface area contributed by atoms with Gasteiger partial charge in [-0.05, 0) is 47.2 Å². The molecule has 0 saturated heterocycles. The SMILES string of the molecule is COC(=O)/C(=N\N(C)C)c1ccc(OCCOc2ccc3ccccc3c2)cc1. The van der Waals surface area contributed by atoms with Gasteiger partial charge < -0.3 is 19.2 Å². The molecule has 0 atom stereocenters. The zero-order valence-electron chi connectivity index (χ0n) is 16.8. The van der Waals surface area contributed by atoms with Crippen LogP contribution in [0.3, 0.4) is 0 Å². The molecular weight excluding hydrogens is 368 g/mol. The minimum absolute atomic E-state index is 0.240. The van der Waals surface area contributed by atoms with Gasteiger partial charge in [0, 0.05) is 19.7 Å². The Labute approximate surface area is 170 Å². The fourth-order valence-electron chi connectivity index (χ4n) is 2.80. The lowest BCUT2D eigenvalue weighted by molar-refractivity contribution is -0.132. The number of hydrogen-bond donors (Lipinski definition) is 0. The lowest BCUT2D eigenvalue weighted by Crippen LogP contribution is -2.21. The van der Waals surface area contributed by atoms with E-state index in [2.05, 4.69) is 17.2 Å². The van der Waals surface area contributed by atoms with Crippen molar-refractivity contribution in [1.82, 2.24) is 5.01 Å². The van der Waals surface area contributed by atoms with E-state index in [-0.39, 0.29) is 5.71 Å². The van der Waals surface area contributed by atoms with Crippen LogP contribution in [0, 0.1) is 0 Å². The third kappa shape index (κ3) is 5.48. The van der Waals surface area contributed by atoms with Gasteiger partial charge in [0.25, 0.3) is 0 Å². The molecule has 6 nitrogen and oxygen atoms in total. The second-order valence-electron chi connectivity index (χ2n) is 6.52. The highest BCUT2D eigenvalue weighted by Crippen LogP contribution is 2.20. The highest BCUT2D eigenvalue weighted by molar-refractivity contribution is 6.43. The number of nitrogens with zero attached hydrogens (tertiary/aromatic N) is 2. The summed E-state index contributed by atoms with van der Waals surface area (Å²) < 4.78 is 16.3. The molecule has 0 fully saturated rings. The van der Waals surface area contributed by atoms with Crippen LogP contribution in [0.15, 0.2) is 71.8 Å². The third-order valence-electron chi connectivity index (χ3n) is 4.15. The molecule has 3 aromatic carbocycles. The van der Waals surface area contributed by atoms with E-state index >= 15 is 0 Å². The Morgan fingerprint density at radius 1 is 0.862 bits per heavy atom. The van der Waals surface area contributed by atoms with Crippen molar-refractivity contribution >= 4 is 22.5 Å². The van der Waals surface area contributed by atoms with Crippen LogP contribution in [0.2, 0.25) is 0 Å². The molecule has 150 valence electrons. The Hall–Kier alpha value is -3.54. The molecule has 0 spiro atoms. The van der Waals surface area contributed by atoms with Crippen LogP contribution in [-0.4, -0.2) is 51.1 Å². The van der Waals surface area contributed by atoms with Crippen molar-refractivity contribution in [2.75, 3.05) is 34.4 Å². The van der Waals surface area contributed by atoms with Crippen molar-refractivity contribution in [3.8, 4) is 11.5 Å². The van der Waals surface area contributed by atoms with Crippen LogP contribution in [0.4, 0.5) is 0 Å². The van der Waals surface area contributed by atoms with Gasteiger partial charge in [-0.1, -0.05) is 30.3 Å². The molecule has 0 amide bonds. The summed E-state index contributed by atoms with van der Waals surface area (Å²) in [5.41, 5.74) is 0.897. The largest absolute Gasteiger partial charge is 0.490 e. The smallest absolute Gasteiger partial charge is 0.359 e. The maximum absolute atomic E-state index is 11.9. The Bertz CT molecular complexity index is 997. The maximum atomic E-state index is 11.9. The highest BCUT2D eigenvalue weighted by atomic mass is 16.5. The van der Waals surface area contributed by atoms with Crippen LogP contribution < -0.4 is 9.47 Å². The average molecular weight is 392 g/mol. The molecule has 0 aliphatic carbocycles. The van der Waals surface area contributed by atoms with Crippen molar-refractivity contribution in [2.24, 2.45) is 5.10 Å². The summed E-state index contributed by atoms with van der Waals surface area (Å²) in [6.07, 6.45) is 0. The first-order chi connectivity index (χ1) is 14.1. The maximum Gasteiger partial charge on any atom is 0.359 e. The van der Waals surface area contributed by atoms with Gasteiger partial charge in [0.1, 0.15) is 24.7 Å². The zero-order chi connectivity index (χ0) is 20.6. The monoisotopic (exact) mass is 392 g/mol. The number of hydrazone groups is 1. The number of fused-ring (bicyclic) bond motifs is 1. The summed E-state index contributed by atoms with van der Waals surface area (Å²) >= 11 is 0. The number of ether oxygens (including phenoxy) is 3. The van der Waals surface area contributed by atoms with Gasteiger partial charge >= 0.3 is 5.97 Å². The van der Waals surface area contributed by atoms with Gasteiger partial charge in [0.15, 0.2) is 5.71 Å². The lowest BCUT2D eigenvalue weighted by atomic mass is 10.1. The van der Waals surface area contributed by atoms with Gasteiger partial charge in [-0.2, -0.15) is 5.10 Å². The molecule has 29 heavy (non-hydrogen) atoms. The normalized spacial score (nSPS) is 11.2. The van der Waals surface area contributed by atoms with Gasteiger partial charge in [-0.25, -0.2) is 4.79 Å². The summed E-state index contributed by atoms with van der Waals surface area (Å²) in [6, 6.07) is 21.3. The van der Waals surface area contributed by atoms with Gasteiger partial charge in [-0.15, -0.1) is 0 Å². The predicted molar refractivity (Wildman–Crippen MR) is 114 cm³/mol. The summed E-state index contributed by atoms with van der Waals surface area (Å²) in [7, 11) is 4.83. The molecule has 0 N–H and O–H groups in total. The Morgan fingerprint density at radius 3 is 2.14 bits per heavy atom. The molecular formula is C23H24N2O4. The summed E-state index contributed by atoms with van der Waals surface area (Å²) in [5, 5.41) is 8.07.